The van der Waals surface area contributed by atoms with Crippen molar-refractivity contribution in [2.75, 3.05) is 5.32 Å². The molecule has 0 unspecified atom stereocenters. The third-order valence-electron chi connectivity index (χ3n) is 1.54. The lowest BCUT2D eigenvalue weighted by Gasteiger charge is -2.04. The van der Waals surface area contributed by atoms with Crippen LogP contribution in [0.4, 0.5) is 20.6 Å². The van der Waals surface area contributed by atoms with Crippen LogP contribution in [0.1, 0.15) is 0 Å². The van der Waals surface area contributed by atoms with Crippen LogP contribution in [0.5, 0.6) is 0 Å². The Morgan fingerprint density at radius 3 is 2.73 bits per heavy atom. The third kappa shape index (κ3) is 2.61. The molecule has 0 aliphatic heterocycles. The summed E-state index contributed by atoms with van der Waals surface area (Å²) in [6.45, 7) is 0. The monoisotopic (exact) mass is 214 g/mol. The molecule has 4 N–H and O–H groups in total. The Hall–Kier alpha value is -2.22. The van der Waals surface area contributed by atoms with Gasteiger partial charge in [0.15, 0.2) is 0 Å². The minimum atomic E-state index is -0.866. The van der Waals surface area contributed by atoms with Crippen molar-refractivity contribution in [2.45, 2.75) is 0 Å². The second kappa shape index (κ2) is 4.33. The molecule has 0 saturated heterocycles. The van der Waals surface area contributed by atoms with Gasteiger partial charge in [0.2, 0.25) is 0 Å². The largest absolute Gasteiger partial charge is 0.333 e. The number of benzene rings is 1. The summed E-state index contributed by atoms with van der Waals surface area (Å²) < 4.78 is 13.0. The maximum atomic E-state index is 13.0. The average molecular weight is 214 g/mol. The Balaban J connectivity index is 3.00. The van der Waals surface area contributed by atoms with Gasteiger partial charge in [-0.15, -0.1) is 0 Å². The van der Waals surface area contributed by atoms with E-state index in [2.05, 4.69) is 0 Å². The Morgan fingerprint density at radius 2 is 2.20 bits per heavy atom. The van der Waals surface area contributed by atoms with Crippen LogP contribution in [0.25, 0.3) is 0 Å². The molecule has 0 aromatic heterocycles. The Labute approximate surface area is 83.2 Å². The topological polar surface area (TPSA) is 110 Å². The van der Waals surface area contributed by atoms with Gasteiger partial charge in [-0.1, -0.05) is 0 Å². The molecule has 0 aliphatic rings. The van der Waals surface area contributed by atoms with Crippen molar-refractivity contribution in [3.8, 4) is 0 Å². The number of halogens is 1. The highest BCUT2D eigenvalue weighted by Crippen LogP contribution is 2.20. The first-order valence-electron chi connectivity index (χ1n) is 3.76. The van der Waals surface area contributed by atoms with Gasteiger partial charge < -0.3 is 5.32 Å². The van der Waals surface area contributed by atoms with Gasteiger partial charge in [0.1, 0.15) is 5.82 Å². The van der Waals surface area contributed by atoms with Crippen molar-refractivity contribution in [1.29, 1.82) is 0 Å². The van der Waals surface area contributed by atoms with E-state index in [-0.39, 0.29) is 11.4 Å². The van der Waals surface area contributed by atoms with E-state index >= 15 is 0 Å². The summed E-state index contributed by atoms with van der Waals surface area (Å²) in [7, 11) is 0. The summed E-state index contributed by atoms with van der Waals surface area (Å²) in [5.74, 6) is 3.96. The van der Waals surface area contributed by atoms with E-state index in [1.807, 2.05) is 5.32 Å². The van der Waals surface area contributed by atoms with Gasteiger partial charge in [-0.25, -0.2) is 15.0 Å². The molecule has 0 atom stereocenters. The van der Waals surface area contributed by atoms with E-state index in [1.54, 1.807) is 5.43 Å². The number of carbonyl (C=O) groups excluding carboxylic acids is 1. The SMILES string of the molecule is NNC(=O)Nc1cc([N+](=O)[O-])ccc1F. The fourth-order valence-corrected chi connectivity index (χ4v) is 0.881. The van der Waals surface area contributed by atoms with Crippen LogP contribution in [-0.2, 0) is 0 Å². The highest BCUT2D eigenvalue weighted by Gasteiger charge is 2.12. The van der Waals surface area contributed by atoms with Crippen LogP contribution in [0.3, 0.4) is 0 Å². The number of non-ortho nitro benzene ring substituents is 1. The number of hydrazine groups is 1. The Bertz CT molecular complexity index is 409. The lowest BCUT2D eigenvalue weighted by atomic mass is 10.2. The molecule has 80 valence electrons. The molecule has 1 aromatic carbocycles. The van der Waals surface area contributed by atoms with Crippen molar-refractivity contribution in [3.05, 3.63) is 34.1 Å². The van der Waals surface area contributed by atoms with Gasteiger partial charge in [0.25, 0.3) is 5.69 Å². The summed E-state index contributed by atoms with van der Waals surface area (Å²) in [4.78, 5) is 20.4. The summed E-state index contributed by atoms with van der Waals surface area (Å²) in [5.41, 5.74) is 1.06. The molecule has 1 aromatic rings. The second-order valence-corrected chi connectivity index (χ2v) is 2.52. The van der Waals surface area contributed by atoms with E-state index in [0.717, 1.165) is 18.2 Å². The van der Waals surface area contributed by atoms with Gasteiger partial charge in [-0.2, -0.15) is 0 Å². The van der Waals surface area contributed by atoms with Crippen LogP contribution in [0.2, 0.25) is 0 Å². The minimum Gasteiger partial charge on any atom is -0.304 e. The average Bonchev–Trinajstić information content (AvgIpc) is 2.20. The maximum absolute atomic E-state index is 13.0. The van der Waals surface area contributed by atoms with Crippen LogP contribution in [0, 0.1) is 15.9 Å². The van der Waals surface area contributed by atoms with Crippen molar-refractivity contribution in [1.82, 2.24) is 5.43 Å². The smallest absolute Gasteiger partial charge is 0.304 e. The van der Waals surface area contributed by atoms with Gasteiger partial charge >= 0.3 is 6.03 Å². The molecule has 0 radical (unpaired) electrons. The Kier molecular flexibility index (Phi) is 3.13. The van der Waals surface area contributed by atoms with Crippen LogP contribution in [0.15, 0.2) is 18.2 Å². The molecule has 0 fully saturated rings. The number of carbonyl (C=O) groups is 1. The molecule has 0 heterocycles. The first-order chi connectivity index (χ1) is 7.04. The fraction of sp³-hybridized carbons (Fsp3) is 0. The van der Waals surface area contributed by atoms with E-state index < -0.39 is 16.8 Å². The van der Waals surface area contributed by atoms with Crippen molar-refractivity contribution >= 4 is 17.4 Å². The number of rotatable bonds is 2. The zero-order valence-electron chi connectivity index (χ0n) is 7.36. The number of amides is 2. The standard InChI is InChI=1S/C7H7FN4O3/c8-5-2-1-4(12(14)15)3-6(5)10-7(13)11-9/h1-3H,9H2,(H2,10,11,13). The highest BCUT2D eigenvalue weighted by atomic mass is 19.1. The molecule has 15 heavy (non-hydrogen) atoms. The van der Waals surface area contributed by atoms with Crippen LogP contribution >= 0.6 is 0 Å². The van der Waals surface area contributed by atoms with Crippen LogP contribution < -0.4 is 16.6 Å². The van der Waals surface area contributed by atoms with E-state index in [4.69, 9.17) is 5.84 Å². The fourth-order valence-electron chi connectivity index (χ4n) is 0.881. The Morgan fingerprint density at radius 1 is 1.53 bits per heavy atom. The number of hydrogen-bond donors (Lipinski definition) is 3. The van der Waals surface area contributed by atoms with E-state index in [9.17, 15) is 19.3 Å². The number of urea groups is 1. The zero-order chi connectivity index (χ0) is 11.4. The molecule has 0 bridgehead atoms. The summed E-state index contributed by atoms with van der Waals surface area (Å²) in [5, 5.41) is 12.4. The molecule has 0 aliphatic carbocycles. The second-order valence-electron chi connectivity index (χ2n) is 2.52. The van der Waals surface area contributed by atoms with Gasteiger partial charge in [-0.3, -0.25) is 15.5 Å². The van der Waals surface area contributed by atoms with E-state index in [1.165, 1.54) is 0 Å². The first-order valence-corrected chi connectivity index (χ1v) is 3.76. The predicted octanol–water partition coefficient (Wildman–Crippen LogP) is 0.729. The van der Waals surface area contributed by atoms with Crippen LogP contribution in [-0.4, -0.2) is 11.0 Å². The number of nitrogens with one attached hydrogen (secondary N) is 2. The lowest BCUT2D eigenvalue weighted by Crippen LogP contribution is -2.34. The minimum absolute atomic E-state index is 0.313. The molecular weight excluding hydrogens is 207 g/mol. The molecule has 0 spiro atoms. The molecule has 2 amide bonds. The first kappa shape index (κ1) is 10.9. The maximum Gasteiger partial charge on any atom is 0.333 e. The van der Waals surface area contributed by atoms with Crippen molar-refractivity contribution < 1.29 is 14.1 Å². The molecule has 8 heteroatoms. The summed E-state index contributed by atoms with van der Waals surface area (Å²) >= 11 is 0. The summed E-state index contributed by atoms with van der Waals surface area (Å²) in [6.07, 6.45) is 0. The number of nitrogens with zero attached hydrogens (tertiary/aromatic N) is 1. The zero-order valence-corrected chi connectivity index (χ0v) is 7.36. The normalized spacial score (nSPS) is 9.47. The van der Waals surface area contributed by atoms with Gasteiger partial charge in [-0.05, 0) is 6.07 Å². The van der Waals surface area contributed by atoms with E-state index in [0.29, 0.717) is 0 Å². The molecular formula is C7H7FN4O3. The lowest BCUT2D eigenvalue weighted by molar-refractivity contribution is -0.384. The van der Waals surface area contributed by atoms with Crippen molar-refractivity contribution in [2.24, 2.45) is 5.84 Å². The number of hydrogen-bond acceptors (Lipinski definition) is 4. The number of nitro benzene ring substituents is 1. The number of nitrogens with two attached hydrogens (primary N) is 1. The predicted molar refractivity (Wildman–Crippen MR) is 49.4 cm³/mol. The molecule has 7 nitrogen and oxygen atoms in total. The highest BCUT2D eigenvalue weighted by molar-refractivity contribution is 5.89. The van der Waals surface area contributed by atoms with Crippen molar-refractivity contribution in [3.63, 3.8) is 0 Å². The number of nitro groups is 1. The quantitative estimate of drug-likeness (QED) is 0.291. The molecule has 1 rings (SSSR count). The third-order valence-corrected chi connectivity index (χ3v) is 1.54. The van der Waals surface area contributed by atoms with Gasteiger partial charge in [0, 0.05) is 12.1 Å². The molecule has 0 saturated carbocycles. The van der Waals surface area contributed by atoms with Gasteiger partial charge in [0.05, 0.1) is 10.6 Å². The number of anilines is 1. The summed E-state index contributed by atoms with van der Waals surface area (Å²) in [6, 6.07) is 1.89.